The molecule has 1 atom stereocenters. The number of benzene rings is 2. The van der Waals surface area contributed by atoms with Crippen LogP contribution >= 0.6 is 23.2 Å². The summed E-state index contributed by atoms with van der Waals surface area (Å²) in [6, 6.07) is 12.9. The summed E-state index contributed by atoms with van der Waals surface area (Å²) in [4.78, 5) is 34.9. The second-order valence-corrected chi connectivity index (χ2v) is 8.54. The van der Waals surface area contributed by atoms with Gasteiger partial charge in [-0.1, -0.05) is 66.9 Å². The van der Waals surface area contributed by atoms with Gasteiger partial charge in [-0.05, 0) is 48.7 Å². The van der Waals surface area contributed by atoms with Gasteiger partial charge in [-0.25, -0.2) is 9.97 Å². The van der Waals surface area contributed by atoms with E-state index in [9.17, 15) is 14.7 Å². The van der Waals surface area contributed by atoms with Crippen LogP contribution in [0, 0.1) is 0 Å². The number of amides is 1. The van der Waals surface area contributed by atoms with E-state index in [-0.39, 0.29) is 51.6 Å². The number of carbonyl (C=O) groups is 2. The van der Waals surface area contributed by atoms with E-state index in [1.807, 2.05) is 24.3 Å². The maximum absolute atomic E-state index is 12.5. The van der Waals surface area contributed by atoms with Crippen molar-refractivity contribution >= 4 is 52.8 Å². The zero-order chi connectivity index (χ0) is 25.2. The van der Waals surface area contributed by atoms with E-state index in [0.29, 0.717) is 5.95 Å². The van der Waals surface area contributed by atoms with Gasteiger partial charge in [-0.15, -0.1) is 0 Å². The molecule has 1 N–H and O–H groups in total. The minimum Gasteiger partial charge on any atom is -0.548 e. The van der Waals surface area contributed by atoms with Crippen LogP contribution in [-0.2, 0) is 4.79 Å². The zero-order valence-corrected chi connectivity index (χ0v) is 23.7. The third kappa shape index (κ3) is 8.32. The Bertz CT molecular complexity index is 1160. The van der Waals surface area contributed by atoms with E-state index >= 15 is 0 Å². The number of carboxylic acids is 1. The summed E-state index contributed by atoms with van der Waals surface area (Å²) in [6.45, 7) is 2.92. The number of unbranched alkanes of at least 4 members (excludes halogenated alkanes) is 1. The number of halogens is 2. The number of hydrogen-bond donors (Lipinski definition) is 1. The van der Waals surface area contributed by atoms with Crippen LogP contribution < -0.4 is 44.9 Å². The maximum atomic E-state index is 12.5. The minimum atomic E-state index is -1.41. The summed E-state index contributed by atoms with van der Waals surface area (Å²) in [5, 5.41) is 14.3. The third-order valence-electron chi connectivity index (χ3n) is 5.20. The van der Waals surface area contributed by atoms with Crippen molar-refractivity contribution in [3.05, 3.63) is 88.2 Å². The van der Waals surface area contributed by atoms with Crippen molar-refractivity contribution in [2.75, 3.05) is 11.4 Å². The summed E-state index contributed by atoms with van der Waals surface area (Å²) in [7, 11) is 0. The average molecular weight is 535 g/mol. The van der Waals surface area contributed by atoms with Crippen LogP contribution in [-0.4, -0.2) is 34.4 Å². The fourth-order valence-electron chi connectivity index (χ4n) is 3.36. The summed E-state index contributed by atoms with van der Waals surface area (Å²) < 4.78 is 0. The Hall–Kier alpha value is -2.42. The number of carbonyl (C=O) groups excluding carboxylic acids is 2. The van der Waals surface area contributed by atoms with Gasteiger partial charge in [0.05, 0.1) is 27.6 Å². The molecule has 0 spiro atoms. The second-order valence-electron chi connectivity index (χ2n) is 7.73. The van der Waals surface area contributed by atoms with Gasteiger partial charge in [0, 0.05) is 24.6 Å². The number of carboxylic acid groups (broad SMARTS) is 1. The first kappa shape index (κ1) is 29.8. The molecule has 7 nitrogen and oxygen atoms in total. The van der Waals surface area contributed by atoms with E-state index in [4.69, 9.17) is 23.2 Å². The molecule has 0 fully saturated rings. The van der Waals surface area contributed by atoms with E-state index in [1.165, 1.54) is 12.1 Å². The van der Waals surface area contributed by atoms with Crippen LogP contribution in [0.1, 0.15) is 42.1 Å². The normalized spacial score (nSPS) is 11.5. The van der Waals surface area contributed by atoms with Crippen molar-refractivity contribution < 1.29 is 44.3 Å². The molecule has 182 valence electrons. The Labute approximate surface area is 242 Å². The Balaban J connectivity index is 0.00000456. The van der Waals surface area contributed by atoms with Gasteiger partial charge < -0.3 is 20.1 Å². The first-order valence-corrected chi connectivity index (χ1v) is 11.9. The Morgan fingerprint density at radius 2 is 1.69 bits per heavy atom. The number of anilines is 2. The topological polar surface area (TPSA) is 98.2 Å². The number of hydrogen-bond acceptors (Lipinski definition) is 6. The molecule has 2 aromatic carbocycles. The second kappa shape index (κ2) is 15.0. The van der Waals surface area contributed by atoms with Crippen molar-refractivity contribution in [2.24, 2.45) is 0 Å². The van der Waals surface area contributed by atoms with Crippen LogP contribution in [0.25, 0.3) is 6.08 Å². The number of aliphatic carboxylic acids is 1. The SMILES string of the molecule is CCCCN(c1ccc(/C=C/CC(NC(=O)c2c(Cl)cccc2Cl)C(=O)[O-])cc1)c1ncccn1.[Na+]. The van der Waals surface area contributed by atoms with Gasteiger partial charge in [0.15, 0.2) is 0 Å². The molecule has 1 heterocycles. The van der Waals surface area contributed by atoms with Crippen LogP contribution in [0.5, 0.6) is 0 Å². The molecule has 0 saturated heterocycles. The third-order valence-corrected chi connectivity index (χ3v) is 5.83. The molecule has 0 aliphatic rings. The molecule has 1 aromatic heterocycles. The smallest absolute Gasteiger partial charge is 0.548 e. The Morgan fingerprint density at radius 1 is 1.06 bits per heavy atom. The Morgan fingerprint density at radius 3 is 2.28 bits per heavy atom. The standard InChI is InChI=1S/C26H26Cl2N4O3.Na/c1-2-3-17-32(26-29-15-6-16-30-26)19-13-11-18(12-14-19)7-4-10-22(25(34)35)31-24(33)23-20(27)8-5-9-21(23)28;/h4-9,11-16,22H,2-3,10,17H2,1H3,(H,31,33)(H,34,35);/q;+1/p-1/b7-4+;. The van der Waals surface area contributed by atoms with Gasteiger partial charge in [-0.2, -0.15) is 0 Å². The molecular formula is C26H25Cl2N4NaO3. The van der Waals surface area contributed by atoms with Crippen molar-refractivity contribution in [3.63, 3.8) is 0 Å². The molecule has 0 saturated carbocycles. The van der Waals surface area contributed by atoms with Crippen LogP contribution in [0.2, 0.25) is 10.0 Å². The monoisotopic (exact) mass is 534 g/mol. The van der Waals surface area contributed by atoms with Gasteiger partial charge in [0.1, 0.15) is 0 Å². The molecular weight excluding hydrogens is 510 g/mol. The van der Waals surface area contributed by atoms with Gasteiger partial charge in [0.2, 0.25) is 5.95 Å². The quantitative estimate of drug-likeness (QED) is 0.376. The van der Waals surface area contributed by atoms with Gasteiger partial charge >= 0.3 is 29.6 Å². The predicted octanol–water partition coefficient (Wildman–Crippen LogP) is 1.68. The molecule has 0 bridgehead atoms. The molecule has 10 heteroatoms. The van der Waals surface area contributed by atoms with Crippen molar-refractivity contribution in [1.29, 1.82) is 0 Å². The number of nitrogens with zero attached hydrogens (tertiary/aromatic N) is 3. The summed E-state index contributed by atoms with van der Waals surface area (Å²) >= 11 is 12.1. The average Bonchev–Trinajstić information content (AvgIpc) is 2.85. The molecule has 0 aliphatic heterocycles. The van der Waals surface area contributed by atoms with E-state index in [0.717, 1.165) is 30.6 Å². The van der Waals surface area contributed by atoms with E-state index in [2.05, 4.69) is 27.1 Å². The predicted molar refractivity (Wildman–Crippen MR) is 137 cm³/mol. The van der Waals surface area contributed by atoms with Crippen molar-refractivity contribution in [2.45, 2.75) is 32.2 Å². The summed E-state index contributed by atoms with van der Waals surface area (Å²) in [6.07, 6.45) is 8.94. The number of aromatic nitrogens is 2. The largest absolute Gasteiger partial charge is 1.00 e. The van der Waals surface area contributed by atoms with Gasteiger partial charge in [0.25, 0.3) is 5.91 Å². The Kier molecular flexibility index (Phi) is 12.4. The molecule has 1 amide bonds. The number of nitrogens with one attached hydrogen (secondary N) is 1. The molecule has 36 heavy (non-hydrogen) atoms. The minimum absolute atomic E-state index is 0. The molecule has 1 unspecified atom stereocenters. The fraction of sp³-hybridized carbons (Fsp3) is 0.231. The summed E-state index contributed by atoms with van der Waals surface area (Å²) in [5.74, 6) is -1.45. The number of rotatable bonds is 11. The van der Waals surface area contributed by atoms with E-state index in [1.54, 1.807) is 36.7 Å². The van der Waals surface area contributed by atoms with Crippen LogP contribution in [0.15, 0.2) is 67.0 Å². The van der Waals surface area contributed by atoms with Crippen LogP contribution in [0.3, 0.4) is 0 Å². The van der Waals surface area contributed by atoms with Gasteiger partial charge in [-0.3, -0.25) is 4.79 Å². The first-order valence-electron chi connectivity index (χ1n) is 11.2. The maximum Gasteiger partial charge on any atom is 1.00 e. The fourth-order valence-corrected chi connectivity index (χ4v) is 3.93. The first-order chi connectivity index (χ1) is 16.9. The van der Waals surface area contributed by atoms with E-state index < -0.39 is 17.9 Å². The molecule has 0 radical (unpaired) electrons. The molecule has 0 aliphatic carbocycles. The molecule has 3 aromatic rings. The van der Waals surface area contributed by atoms with Crippen molar-refractivity contribution in [1.82, 2.24) is 15.3 Å². The summed E-state index contributed by atoms with van der Waals surface area (Å²) in [5.41, 5.74) is 1.85. The zero-order valence-electron chi connectivity index (χ0n) is 20.2. The van der Waals surface area contributed by atoms with Crippen LogP contribution in [0.4, 0.5) is 11.6 Å². The van der Waals surface area contributed by atoms with Crippen molar-refractivity contribution in [3.8, 4) is 0 Å². The molecule has 3 rings (SSSR count).